The summed E-state index contributed by atoms with van der Waals surface area (Å²) in [4.78, 5) is 91.4. The number of nitrogens with zero attached hydrogens (tertiary/aromatic N) is 3. The highest BCUT2D eigenvalue weighted by molar-refractivity contribution is 8.01. The minimum Gasteiger partial charge on any atom is -0.504 e. The molecule has 17 heteroatoms. The normalized spacial score (nSPS) is 25.6. The van der Waals surface area contributed by atoms with Crippen molar-refractivity contribution in [1.82, 2.24) is 30.7 Å². The molecule has 7 amide bonds. The Morgan fingerprint density at radius 2 is 1.80 bits per heavy atom. The van der Waals surface area contributed by atoms with E-state index in [0.717, 1.165) is 28.8 Å². The number of β-lactam (4-membered cyclic amide) rings is 1. The number of hydrogen-bond donors (Lipinski definition) is 6. The van der Waals surface area contributed by atoms with E-state index in [0.29, 0.717) is 4.90 Å². The predicted molar refractivity (Wildman–Crippen MR) is 139 cm³/mol. The van der Waals surface area contributed by atoms with Crippen LogP contribution in [0.1, 0.15) is 32.4 Å². The molecule has 3 heterocycles. The molecule has 1 unspecified atom stereocenters. The van der Waals surface area contributed by atoms with Crippen LogP contribution in [0, 0.1) is 0 Å². The summed E-state index contributed by atoms with van der Waals surface area (Å²) in [5, 5.41) is 35.4. The molecule has 3 fully saturated rings. The minimum atomic E-state index is -2.09. The predicted octanol–water partition coefficient (Wildman–Crippen LogP) is -1.76. The van der Waals surface area contributed by atoms with Gasteiger partial charge in [0, 0.05) is 24.4 Å². The maximum Gasteiger partial charge on any atom is 0.327 e. The van der Waals surface area contributed by atoms with Crippen molar-refractivity contribution in [3.63, 3.8) is 0 Å². The number of urea groups is 1. The van der Waals surface area contributed by atoms with Crippen LogP contribution in [0.5, 0.6) is 11.5 Å². The summed E-state index contributed by atoms with van der Waals surface area (Å²) in [6, 6.07) is -0.933. The maximum absolute atomic E-state index is 13.7. The number of aromatic hydroxyl groups is 2. The quantitative estimate of drug-likeness (QED) is 0.0652. The molecule has 3 saturated heterocycles. The Hall–Kier alpha value is -4.54. The van der Waals surface area contributed by atoms with Gasteiger partial charge in [-0.15, -0.1) is 11.8 Å². The van der Waals surface area contributed by atoms with Gasteiger partial charge in [-0.1, -0.05) is 6.07 Å². The van der Waals surface area contributed by atoms with Crippen LogP contribution in [0.2, 0.25) is 0 Å². The molecule has 220 valence electrons. The van der Waals surface area contributed by atoms with Gasteiger partial charge in [-0.2, -0.15) is 0 Å². The molecule has 3 aliphatic rings. The first-order valence-electron chi connectivity index (χ1n) is 12.4. The van der Waals surface area contributed by atoms with Crippen molar-refractivity contribution in [2.24, 2.45) is 0 Å². The van der Waals surface area contributed by atoms with Gasteiger partial charge in [-0.25, -0.2) is 9.59 Å². The summed E-state index contributed by atoms with van der Waals surface area (Å²) >= 11 is 1.03. The Bertz CT molecular complexity index is 1350. The van der Waals surface area contributed by atoms with Crippen LogP contribution in [0.15, 0.2) is 18.2 Å². The van der Waals surface area contributed by atoms with Crippen molar-refractivity contribution >= 4 is 53.8 Å². The summed E-state index contributed by atoms with van der Waals surface area (Å²) in [6.45, 7) is 4.97. The van der Waals surface area contributed by atoms with Crippen molar-refractivity contribution in [1.29, 1.82) is 0 Å². The number of fused-ring (bicyclic) bond motifs is 1. The smallest absolute Gasteiger partial charge is 0.327 e. The number of likely N-dealkylation sites (N-methyl/N-ethyl adjacent to an activating group) is 1. The lowest BCUT2D eigenvalue weighted by Gasteiger charge is -2.52. The third kappa shape index (κ3) is 4.75. The summed E-state index contributed by atoms with van der Waals surface area (Å²) < 4.78 is -1.01. The number of nitrogens with one attached hydrogen (secondary N) is 3. The average molecular weight is 593 g/mol. The lowest BCUT2D eigenvalue weighted by atomic mass is 9.91. The van der Waals surface area contributed by atoms with Crippen molar-refractivity contribution in [2.75, 3.05) is 19.6 Å². The molecule has 1 aromatic rings. The van der Waals surface area contributed by atoms with E-state index in [9.17, 15) is 48.9 Å². The molecule has 41 heavy (non-hydrogen) atoms. The Morgan fingerprint density at radius 1 is 1.12 bits per heavy atom. The molecule has 0 aliphatic carbocycles. The fraction of sp³-hybridized carbons (Fsp3) is 0.458. The van der Waals surface area contributed by atoms with E-state index in [1.165, 1.54) is 11.0 Å². The van der Waals surface area contributed by atoms with E-state index in [-0.39, 0.29) is 31.6 Å². The fourth-order valence-electron chi connectivity index (χ4n) is 5.09. The number of carbonyl (C=O) groups excluding carboxylic acids is 6. The zero-order valence-corrected chi connectivity index (χ0v) is 22.9. The van der Waals surface area contributed by atoms with E-state index in [4.69, 9.17) is 0 Å². The van der Waals surface area contributed by atoms with E-state index < -0.39 is 75.0 Å². The van der Waals surface area contributed by atoms with Crippen molar-refractivity contribution in [2.45, 2.75) is 48.6 Å². The van der Waals surface area contributed by atoms with E-state index >= 15 is 0 Å². The minimum absolute atomic E-state index is 0.0570. The largest absolute Gasteiger partial charge is 0.504 e. The van der Waals surface area contributed by atoms with E-state index in [1.807, 2.05) is 0 Å². The molecule has 4 atom stereocenters. The lowest BCUT2D eigenvalue weighted by Crippen LogP contribution is -2.85. The first-order chi connectivity index (χ1) is 19.2. The topological polar surface area (TPSA) is 226 Å². The summed E-state index contributed by atoms with van der Waals surface area (Å²) in [5.41, 5.74) is -2.18. The second-order valence-electron chi connectivity index (χ2n) is 10.1. The van der Waals surface area contributed by atoms with E-state index in [1.54, 1.807) is 20.8 Å². The Kier molecular flexibility index (Phi) is 7.51. The lowest BCUT2D eigenvalue weighted by molar-refractivity contribution is -0.172. The van der Waals surface area contributed by atoms with Crippen LogP contribution in [-0.4, -0.2) is 114 Å². The second kappa shape index (κ2) is 10.5. The third-order valence-electron chi connectivity index (χ3n) is 7.19. The summed E-state index contributed by atoms with van der Waals surface area (Å²) in [5.74, 6) is -6.52. The van der Waals surface area contributed by atoms with Gasteiger partial charge in [0.25, 0.3) is 5.91 Å². The highest BCUT2D eigenvalue weighted by Crippen LogP contribution is 2.54. The number of carbonyl (C=O) groups is 7. The van der Waals surface area contributed by atoms with Gasteiger partial charge >= 0.3 is 23.8 Å². The Morgan fingerprint density at radius 3 is 2.39 bits per heavy atom. The molecule has 3 aliphatic heterocycles. The molecular weight excluding hydrogens is 564 g/mol. The number of phenolic OH excluding ortho intramolecular Hbond substituents is 2. The number of benzene rings is 1. The van der Waals surface area contributed by atoms with Crippen molar-refractivity contribution in [3.05, 3.63) is 23.8 Å². The van der Waals surface area contributed by atoms with Gasteiger partial charge in [0.2, 0.25) is 18.0 Å². The monoisotopic (exact) mass is 592 g/mol. The maximum atomic E-state index is 13.7. The van der Waals surface area contributed by atoms with Crippen molar-refractivity contribution in [3.8, 4) is 11.5 Å². The molecular formula is C24H28N6O10S. The first-order valence-corrected chi connectivity index (χ1v) is 13.3. The Balaban J connectivity index is 1.65. The number of rotatable bonds is 8. The molecule has 0 radical (unpaired) electrons. The number of thioether (sulfide) groups is 1. The Labute approximate surface area is 237 Å². The first kappa shape index (κ1) is 29.4. The van der Waals surface area contributed by atoms with Crippen LogP contribution < -0.4 is 16.0 Å². The molecule has 0 spiro atoms. The number of aliphatic carboxylic acids is 1. The van der Waals surface area contributed by atoms with Crippen molar-refractivity contribution < 1.29 is 48.9 Å². The number of amides is 7. The molecule has 0 bridgehead atoms. The van der Waals surface area contributed by atoms with Crippen LogP contribution in [0.25, 0.3) is 0 Å². The number of piperazine rings is 1. The van der Waals surface area contributed by atoms with Crippen LogP contribution in [0.3, 0.4) is 0 Å². The standard InChI is InChI=1S/C24H28N6O10S/c1-4-28-7-8-29(18(36)17(28)35)22(40)26-14(11-5-6-12(32)13(33)9-11)16(34)27-24(25-10-31)20(39)30-15(19(37)38)23(2,3)41-21(24)30/h5-6,9-10,14-15,21,32-33H,4,7-8H2,1-3H3,(H,25,31)(H,26,40)(H,27,34)(H,37,38)/t14?,15-,21+,24-/m0/s1. The van der Waals surface area contributed by atoms with Gasteiger partial charge in [-0.05, 0) is 38.5 Å². The fourth-order valence-corrected chi connectivity index (χ4v) is 6.75. The highest BCUT2D eigenvalue weighted by Gasteiger charge is 2.72. The van der Waals surface area contributed by atoms with Gasteiger partial charge < -0.3 is 41.1 Å². The summed E-state index contributed by atoms with van der Waals surface area (Å²) in [6.07, 6.45) is 0.161. The number of imide groups is 1. The summed E-state index contributed by atoms with van der Waals surface area (Å²) in [7, 11) is 0. The highest BCUT2D eigenvalue weighted by atomic mass is 32.2. The van der Waals surface area contributed by atoms with Crippen LogP contribution >= 0.6 is 11.8 Å². The van der Waals surface area contributed by atoms with Gasteiger partial charge in [-0.3, -0.25) is 28.9 Å². The van der Waals surface area contributed by atoms with Gasteiger partial charge in [0.15, 0.2) is 11.5 Å². The average Bonchev–Trinajstić information content (AvgIpc) is 3.18. The molecule has 16 nitrogen and oxygen atoms in total. The van der Waals surface area contributed by atoms with Crippen LogP contribution in [-0.2, 0) is 28.8 Å². The number of carboxylic acid groups (broad SMARTS) is 1. The number of phenols is 2. The van der Waals surface area contributed by atoms with Gasteiger partial charge in [0.1, 0.15) is 17.5 Å². The van der Waals surface area contributed by atoms with Gasteiger partial charge in [0.05, 0.1) is 0 Å². The SMILES string of the molecule is CCN1CCN(C(=O)NC(C(=O)N[C@@]2(NC=O)C(=O)N3[C@@H](C(=O)O)C(C)(C)S[C@@H]32)c2ccc(O)c(O)c2)C(=O)C1=O. The number of carboxylic acids is 1. The number of hydrogen-bond acceptors (Lipinski definition) is 10. The molecule has 1 aromatic carbocycles. The molecule has 6 N–H and O–H groups in total. The van der Waals surface area contributed by atoms with E-state index in [2.05, 4.69) is 16.0 Å². The molecule has 4 rings (SSSR count). The zero-order chi connectivity index (χ0) is 30.4. The molecule has 0 saturated carbocycles. The van der Waals surface area contributed by atoms with Crippen LogP contribution in [0.4, 0.5) is 4.79 Å². The zero-order valence-electron chi connectivity index (χ0n) is 22.1. The molecule has 0 aromatic heterocycles. The second-order valence-corrected chi connectivity index (χ2v) is 11.8. The third-order valence-corrected chi connectivity index (χ3v) is 8.82.